The van der Waals surface area contributed by atoms with Gasteiger partial charge in [-0.1, -0.05) is 18.5 Å². The van der Waals surface area contributed by atoms with Crippen LogP contribution >= 0.6 is 11.6 Å². The van der Waals surface area contributed by atoms with Gasteiger partial charge in [-0.05, 0) is 27.2 Å². The molecule has 54 valence electrons. The minimum atomic E-state index is 0.0197. The molecule has 9 heavy (non-hydrogen) atoms. The van der Waals surface area contributed by atoms with Crippen molar-refractivity contribution in [3.63, 3.8) is 0 Å². The molecule has 0 aromatic rings. The molecule has 0 aromatic heterocycles. The second-order valence-corrected chi connectivity index (χ2v) is 3.32. The van der Waals surface area contributed by atoms with Crippen LogP contribution in [-0.4, -0.2) is 10.7 Å². The lowest BCUT2D eigenvalue weighted by atomic mass is 10.0. The number of hydrogen-bond acceptors (Lipinski definition) is 1. The largest absolute Gasteiger partial charge is 0.272 e. The van der Waals surface area contributed by atoms with Crippen molar-refractivity contribution < 1.29 is 0 Å². The summed E-state index contributed by atoms with van der Waals surface area (Å²) in [5.74, 6) is 0. The number of halogens is 1. The van der Waals surface area contributed by atoms with Gasteiger partial charge in [0.15, 0.2) is 0 Å². The number of aliphatic imine (C=N–C) groups is 1. The van der Waals surface area contributed by atoms with Crippen molar-refractivity contribution in [3.05, 3.63) is 0 Å². The maximum absolute atomic E-state index is 5.59. The predicted molar refractivity (Wildman–Crippen MR) is 43.3 cm³/mol. The average Bonchev–Trinajstić information content (AvgIpc) is 1.63. The average molecular weight is 148 g/mol. The lowest BCUT2D eigenvalue weighted by Crippen LogP contribution is -2.15. The third-order valence-electron chi connectivity index (χ3n) is 1.32. The Labute approximate surface area is 62.1 Å². The van der Waals surface area contributed by atoms with Gasteiger partial charge in [0.05, 0.1) is 10.7 Å². The number of nitrogens with zero attached hydrogens (tertiary/aromatic N) is 1. The highest BCUT2D eigenvalue weighted by Crippen LogP contribution is 2.13. The highest BCUT2D eigenvalue weighted by atomic mass is 35.5. The van der Waals surface area contributed by atoms with Crippen LogP contribution in [0.2, 0.25) is 0 Å². The molecule has 0 bridgehead atoms. The minimum absolute atomic E-state index is 0.0197. The monoisotopic (exact) mass is 147 g/mol. The molecular weight excluding hydrogens is 134 g/mol. The topological polar surface area (TPSA) is 12.4 Å². The highest BCUT2D eigenvalue weighted by molar-refractivity contribution is 6.64. The molecular formula is C7H14ClN. The first kappa shape index (κ1) is 8.96. The Kier molecular flexibility index (Phi) is 3.20. The molecule has 0 aromatic carbocycles. The van der Waals surface area contributed by atoms with E-state index in [1.165, 1.54) is 0 Å². The third kappa shape index (κ3) is 4.46. The van der Waals surface area contributed by atoms with Crippen LogP contribution in [0.3, 0.4) is 0 Å². The fourth-order valence-electron chi connectivity index (χ4n) is 0.496. The Bertz CT molecular complexity index is 112. The summed E-state index contributed by atoms with van der Waals surface area (Å²) in [6.45, 7) is 8.04. The van der Waals surface area contributed by atoms with E-state index in [0.29, 0.717) is 5.17 Å². The van der Waals surface area contributed by atoms with Gasteiger partial charge in [-0.2, -0.15) is 0 Å². The van der Waals surface area contributed by atoms with Gasteiger partial charge < -0.3 is 0 Å². The van der Waals surface area contributed by atoms with Gasteiger partial charge in [0.2, 0.25) is 0 Å². The Morgan fingerprint density at radius 1 is 1.56 bits per heavy atom. The first-order valence-electron chi connectivity index (χ1n) is 3.20. The Hall–Kier alpha value is -0.0400. The molecule has 0 amide bonds. The summed E-state index contributed by atoms with van der Waals surface area (Å²) in [4.78, 5) is 4.21. The van der Waals surface area contributed by atoms with E-state index < -0.39 is 0 Å². The van der Waals surface area contributed by atoms with E-state index in [-0.39, 0.29) is 5.54 Å². The summed E-state index contributed by atoms with van der Waals surface area (Å²) in [7, 11) is 0. The highest BCUT2D eigenvalue weighted by Gasteiger charge is 2.11. The fraction of sp³-hybridized carbons (Fsp3) is 0.857. The standard InChI is InChI=1S/C7H14ClN/c1-5-7(3,4)9-6(2)8/h5H2,1-4H3. The van der Waals surface area contributed by atoms with Gasteiger partial charge in [-0.25, -0.2) is 0 Å². The van der Waals surface area contributed by atoms with Gasteiger partial charge in [0.25, 0.3) is 0 Å². The number of rotatable bonds is 2. The molecule has 0 fully saturated rings. The van der Waals surface area contributed by atoms with Gasteiger partial charge in [-0.3, -0.25) is 4.99 Å². The van der Waals surface area contributed by atoms with E-state index in [1.807, 2.05) is 0 Å². The minimum Gasteiger partial charge on any atom is -0.272 e. The zero-order chi connectivity index (χ0) is 7.49. The van der Waals surface area contributed by atoms with Crippen LogP contribution in [0.4, 0.5) is 0 Å². The SMILES string of the molecule is CCC(C)(C)N=C(C)Cl. The maximum Gasteiger partial charge on any atom is 0.0978 e. The maximum atomic E-state index is 5.59. The van der Waals surface area contributed by atoms with E-state index in [1.54, 1.807) is 6.92 Å². The van der Waals surface area contributed by atoms with Crippen LogP contribution < -0.4 is 0 Å². The van der Waals surface area contributed by atoms with Crippen LogP contribution in [0.1, 0.15) is 34.1 Å². The summed E-state index contributed by atoms with van der Waals surface area (Å²) in [6.07, 6.45) is 1.02. The first-order valence-corrected chi connectivity index (χ1v) is 3.57. The Balaban J connectivity index is 4.01. The molecule has 0 heterocycles. The van der Waals surface area contributed by atoms with E-state index in [4.69, 9.17) is 11.6 Å². The predicted octanol–water partition coefficient (Wildman–Crippen LogP) is 2.83. The van der Waals surface area contributed by atoms with E-state index in [0.717, 1.165) is 6.42 Å². The van der Waals surface area contributed by atoms with Crippen LogP contribution in [0, 0.1) is 0 Å². The Morgan fingerprint density at radius 2 is 2.00 bits per heavy atom. The van der Waals surface area contributed by atoms with Crippen LogP contribution in [0.25, 0.3) is 0 Å². The molecule has 0 aliphatic rings. The third-order valence-corrected chi connectivity index (χ3v) is 1.41. The number of hydrogen-bond donors (Lipinski definition) is 0. The summed E-state index contributed by atoms with van der Waals surface area (Å²) in [6, 6.07) is 0. The molecule has 0 saturated heterocycles. The van der Waals surface area contributed by atoms with Gasteiger partial charge in [0.1, 0.15) is 0 Å². The fourth-order valence-corrected chi connectivity index (χ4v) is 0.725. The zero-order valence-corrected chi connectivity index (χ0v) is 7.29. The van der Waals surface area contributed by atoms with Crippen molar-refractivity contribution in [3.8, 4) is 0 Å². The van der Waals surface area contributed by atoms with Gasteiger partial charge in [-0.15, -0.1) is 0 Å². The zero-order valence-electron chi connectivity index (χ0n) is 6.53. The van der Waals surface area contributed by atoms with Gasteiger partial charge >= 0.3 is 0 Å². The van der Waals surface area contributed by atoms with E-state index in [2.05, 4.69) is 25.8 Å². The van der Waals surface area contributed by atoms with Crippen molar-refractivity contribution in [2.24, 2.45) is 4.99 Å². The molecule has 0 radical (unpaired) electrons. The molecule has 0 aliphatic heterocycles. The molecule has 0 aliphatic carbocycles. The molecule has 2 heteroatoms. The molecule has 1 nitrogen and oxygen atoms in total. The second kappa shape index (κ2) is 3.21. The lowest BCUT2D eigenvalue weighted by molar-refractivity contribution is 0.506. The van der Waals surface area contributed by atoms with Crippen LogP contribution in [0.15, 0.2) is 4.99 Å². The molecule has 0 saturated carbocycles. The van der Waals surface area contributed by atoms with Gasteiger partial charge in [0, 0.05) is 0 Å². The molecule has 0 spiro atoms. The summed E-state index contributed by atoms with van der Waals surface area (Å²) in [5.41, 5.74) is 0.0197. The van der Waals surface area contributed by atoms with E-state index in [9.17, 15) is 0 Å². The van der Waals surface area contributed by atoms with E-state index >= 15 is 0 Å². The second-order valence-electron chi connectivity index (χ2n) is 2.77. The quantitative estimate of drug-likeness (QED) is 0.533. The van der Waals surface area contributed by atoms with Crippen molar-refractivity contribution >= 4 is 16.8 Å². The lowest BCUT2D eigenvalue weighted by Gasteiger charge is -2.16. The van der Waals surface area contributed by atoms with Crippen molar-refractivity contribution in [2.45, 2.75) is 39.7 Å². The molecule has 0 rings (SSSR count). The van der Waals surface area contributed by atoms with Crippen molar-refractivity contribution in [2.75, 3.05) is 0 Å². The molecule has 0 unspecified atom stereocenters. The van der Waals surface area contributed by atoms with Crippen LogP contribution in [-0.2, 0) is 0 Å². The molecule has 0 N–H and O–H groups in total. The Morgan fingerprint density at radius 3 is 2.11 bits per heavy atom. The first-order chi connectivity index (χ1) is 3.98. The summed E-state index contributed by atoms with van der Waals surface area (Å²) < 4.78 is 0. The van der Waals surface area contributed by atoms with Crippen molar-refractivity contribution in [1.82, 2.24) is 0 Å². The van der Waals surface area contributed by atoms with Crippen LogP contribution in [0.5, 0.6) is 0 Å². The molecule has 0 atom stereocenters. The summed E-state index contributed by atoms with van der Waals surface area (Å²) in [5, 5.41) is 0.641. The summed E-state index contributed by atoms with van der Waals surface area (Å²) >= 11 is 5.59. The van der Waals surface area contributed by atoms with Crippen molar-refractivity contribution in [1.29, 1.82) is 0 Å². The normalized spacial score (nSPS) is 14.1. The smallest absolute Gasteiger partial charge is 0.0978 e.